The van der Waals surface area contributed by atoms with Crippen LogP contribution in [-0.2, 0) is 9.59 Å². The van der Waals surface area contributed by atoms with Crippen LogP contribution in [0.1, 0.15) is 12.0 Å². The predicted molar refractivity (Wildman–Crippen MR) is 60.9 cm³/mol. The standard InChI is InChI=1S/C12H12O5/c1-17-10-4-2-8(3-5-10)9(6-11(13)14)7-12(15)16/h2-6H,7H2,1H3,(H,13,14)(H,15,16)/b9-6-. The van der Waals surface area contributed by atoms with E-state index in [0.717, 1.165) is 6.08 Å². The lowest BCUT2D eigenvalue weighted by Crippen LogP contribution is -2.00. The topological polar surface area (TPSA) is 83.8 Å². The second kappa shape index (κ2) is 5.69. The maximum Gasteiger partial charge on any atom is 0.328 e. The minimum Gasteiger partial charge on any atom is -0.497 e. The van der Waals surface area contributed by atoms with Crippen LogP contribution < -0.4 is 4.74 Å². The van der Waals surface area contributed by atoms with Crippen molar-refractivity contribution >= 4 is 17.5 Å². The van der Waals surface area contributed by atoms with Crippen molar-refractivity contribution in [2.75, 3.05) is 7.11 Å². The number of hydrogen-bond donors (Lipinski definition) is 2. The number of carboxylic acid groups (broad SMARTS) is 2. The molecule has 0 radical (unpaired) electrons. The first-order chi connectivity index (χ1) is 8.02. The van der Waals surface area contributed by atoms with Crippen LogP contribution in [0.3, 0.4) is 0 Å². The molecule has 5 heteroatoms. The number of carbonyl (C=O) groups is 2. The zero-order valence-corrected chi connectivity index (χ0v) is 9.21. The minimum absolute atomic E-state index is 0.243. The van der Waals surface area contributed by atoms with Crippen LogP contribution in [0, 0.1) is 0 Å². The summed E-state index contributed by atoms with van der Waals surface area (Å²) in [5, 5.41) is 17.4. The molecule has 1 rings (SSSR count). The van der Waals surface area contributed by atoms with Gasteiger partial charge in [-0.15, -0.1) is 0 Å². The average Bonchev–Trinajstić information content (AvgIpc) is 2.27. The summed E-state index contributed by atoms with van der Waals surface area (Å²) in [5.74, 6) is -1.62. The van der Waals surface area contributed by atoms with E-state index in [4.69, 9.17) is 14.9 Å². The van der Waals surface area contributed by atoms with Gasteiger partial charge in [-0.1, -0.05) is 12.1 Å². The van der Waals surface area contributed by atoms with Crippen molar-refractivity contribution in [2.24, 2.45) is 0 Å². The quantitative estimate of drug-likeness (QED) is 0.759. The molecule has 0 bridgehead atoms. The van der Waals surface area contributed by atoms with Crippen LogP contribution >= 0.6 is 0 Å². The maximum atomic E-state index is 10.6. The Morgan fingerprint density at radius 3 is 2.24 bits per heavy atom. The van der Waals surface area contributed by atoms with Gasteiger partial charge in [0.05, 0.1) is 13.5 Å². The third-order valence-corrected chi connectivity index (χ3v) is 2.10. The smallest absolute Gasteiger partial charge is 0.328 e. The molecule has 0 unspecified atom stereocenters. The van der Waals surface area contributed by atoms with Gasteiger partial charge in [0.1, 0.15) is 5.75 Å². The van der Waals surface area contributed by atoms with Gasteiger partial charge in [-0.3, -0.25) is 4.79 Å². The summed E-state index contributed by atoms with van der Waals surface area (Å²) in [6.07, 6.45) is 0.564. The summed E-state index contributed by atoms with van der Waals surface area (Å²) in [7, 11) is 1.51. The number of aliphatic carboxylic acids is 2. The van der Waals surface area contributed by atoms with Gasteiger partial charge in [0.15, 0.2) is 0 Å². The molecule has 5 nitrogen and oxygen atoms in total. The molecule has 0 saturated carbocycles. The number of methoxy groups -OCH3 is 1. The zero-order valence-electron chi connectivity index (χ0n) is 9.21. The van der Waals surface area contributed by atoms with Crippen LogP contribution in [0.25, 0.3) is 5.57 Å². The summed E-state index contributed by atoms with van der Waals surface area (Å²) in [5.41, 5.74) is 0.795. The molecule has 0 amide bonds. The average molecular weight is 236 g/mol. The molecule has 0 aliphatic heterocycles. The van der Waals surface area contributed by atoms with Gasteiger partial charge in [0.2, 0.25) is 0 Å². The van der Waals surface area contributed by atoms with Gasteiger partial charge in [-0.25, -0.2) is 4.79 Å². The molecule has 90 valence electrons. The second-order valence-electron chi connectivity index (χ2n) is 3.31. The van der Waals surface area contributed by atoms with E-state index in [9.17, 15) is 9.59 Å². The number of hydrogen-bond acceptors (Lipinski definition) is 3. The van der Waals surface area contributed by atoms with Gasteiger partial charge >= 0.3 is 11.9 Å². The maximum absolute atomic E-state index is 10.6. The Labute approximate surface area is 98.0 Å². The molecule has 0 fully saturated rings. The molecule has 0 atom stereocenters. The fourth-order valence-corrected chi connectivity index (χ4v) is 1.35. The Balaban J connectivity index is 3.04. The van der Waals surface area contributed by atoms with Crippen molar-refractivity contribution in [1.29, 1.82) is 0 Å². The molecule has 2 N–H and O–H groups in total. The molecular formula is C12H12O5. The van der Waals surface area contributed by atoms with Gasteiger partial charge in [-0.05, 0) is 23.3 Å². The Morgan fingerprint density at radius 2 is 1.82 bits per heavy atom. The monoisotopic (exact) mass is 236 g/mol. The van der Waals surface area contributed by atoms with Gasteiger partial charge < -0.3 is 14.9 Å². The summed E-state index contributed by atoms with van der Waals surface area (Å²) in [6.45, 7) is 0. The molecule has 0 heterocycles. The van der Waals surface area contributed by atoms with Crippen molar-refractivity contribution < 1.29 is 24.5 Å². The van der Waals surface area contributed by atoms with E-state index in [2.05, 4.69) is 0 Å². The van der Waals surface area contributed by atoms with E-state index in [1.54, 1.807) is 24.3 Å². The summed E-state index contributed by atoms with van der Waals surface area (Å²) in [6, 6.07) is 6.53. The van der Waals surface area contributed by atoms with Crippen molar-refractivity contribution in [3.8, 4) is 5.75 Å². The number of carboxylic acids is 2. The van der Waals surface area contributed by atoms with E-state index in [1.165, 1.54) is 7.11 Å². The highest BCUT2D eigenvalue weighted by atomic mass is 16.5. The number of rotatable bonds is 5. The first-order valence-corrected chi connectivity index (χ1v) is 4.82. The molecule has 0 aromatic heterocycles. The molecule has 17 heavy (non-hydrogen) atoms. The van der Waals surface area contributed by atoms with Crippen molar-refractivity contribution in [3.05, 3.63) is 35.9 Å². The van der Waals surface area contributed by atoms with Crippen LogP contribution in [-0.4, -0.2) is 29.3 Å². The van der Waals surface area contributed by atoms with Crippen molar-refractivity contribution in [3.63, 3.8) is 0 Å². The third-order valence-electron chi connectivity index (χ3n) is 2.10. The van der Waals surface area contributed by atoms with E-state index in [1.807, 2.05) is 0 Å². The highest BCUT2D eigenvalue weighted by Gasteiger charge is 2.09. The first-order valence-electron chi connectivity index (χ1n) is 4.82. The lowest BCUT2D eigenvalue weighted by Gasteiger charge is -2.05. The van der Waals surface area contributed by atoms with E-state index in [-0.39, 0.29) is 12.0 Å². The lowest BCUT2D eigenvalue weighted by molar-refractivity contribution is -0.135. The van der Waals surface area contributed by atoms with E-state index >= 15 is 0 Å². The Kier molecular flexibility index (Phi) is 4.28. The highest BCUT2D eigenvalue weighted by molar-refractivity contribution is 5.94. The van der Waals surface area contributed by atoms with Crippen LogP contribution in [0.5, 0.6) is 5.75 Å². The molecule has 1 aromatic rings. The molecule has 0 aliphatic carbocycles. The minimum atomic E-state index is -1.17. The van der Waals surface area contributed by atoms with Crippen LogP contribution in [0.4, 0.5) is 0 Å². The normalized spacial score (nSPS) is 11.0. The van der Waals surface area contributed by atoms with Gasteiger partial charge in [0.25, 0.3) is 0 Å². The fourth-order valence-electron chi connectivity index (χ4n) is 1.35. The highest BCUT2D eigenvalue weighted by Crippen LogP contribution is 2.21. The number of benzene rings is 1. The van der Waals surface area contributed by atoms with Crippen LogP contribution in [0.2, 0.25) is 0 Å². The Bertz CT molecular complexity index is 444. The second-order valence-corrected chi connectivity index (χ2v) is 3.31. The zero-order chi connectivity index (χ0) is 12.8. The van der Waals surface area contributed by atoms with Gasteiger partial charge in [-0.2, -0.15) is 0 Å². The largest absolute Gasteiger partial charge is 0.497 e. The molecular weight excluding hydrogens is 224 g/mol. The Hall–Kier alpha value is -2.30. The molecule has 0 aliphatic rings. The lowest BCUT2D eigenvalue weighted by atomic mass is 10.0. The van der Waals surface area contributed by atoms with E-state index in [0.29, 0.717) is 11.3 Å². The molecule has 1 aromatic carbocycles. The van der Waals surface area contributed by atoms with E-state index < -0.39 is 11.9 Å². The fraction of sp³-hybridized carbons (Fsp3) is 0.167. The first kappa shape index (κ1) is 12.8. The van der Waals surface area contributed by atoms with Crippen molar-refractivity contribution in [1.82, 2.24) is 0 Å². The molecule has 0 spiro atoms. The Morgan fingerprint density at radius 1 is 1.24 bits per heavy atom. The summed E-state index contributed by atoms with van der Waals surface area (Å²) in [4.78, 5) is 21.2. The van der Waals surface area contributed by atoms with Gasteiger partial charge in [0, 0.05) is 6.08 Å². The molecule has 0 saturated heterocycles. The van der Waals surface area contributed by atoms with Crippen LogP contribution in [0.15, 0.2) is 30.3 Å². The third kappa shape index (κ3) is 3.98. The van der Waals surface area contributed by atoms with Crippen molar-refractivity contribution in [2.45, 2.75) is 6.42 Å². The predicted octanol–water partition coefficient (Wildman–Crippen LogP) is 1.64. The summed E-state index contributed by atoms with van der Waals surface area (Å²) < 4.78 is 4.96. The SMILES string of the molecule is COc1ccc(/C(=C\C(=O)O)CC(=O)O)cc1. The summed E-state index contributed by atoms with van der Waals surface area (Å²) >= 11 is 0. The number of ether oxygens (including phenoxy) is 1.